The first-order valence-electron chi connectivity index (χ1n) is 16.3. The number of carbonyl (C=O) groups is 2. The largest absolute Gasteiger partial charge is 0.481 e. The van der Waals surface area contributed by atoms with Gasteiger partial charge < -0.3 is 10.2 Å². The fraction of sp³-hybridized carbons (Fsp3) is 0.939. The van der Waals surface area contributed by atoms with Gasteiger partial charge in [-0.1, -0.05) is 162 Å². The van der Waals surface area contributed by atoms with Crippen molar-refractivity contribution >= 4 is 11.9 Å². The molecule has 1 atom stereocenters. The Morgan fingerprint density at radius 1 is 0.514 bits per heavy atom. The summed E-state index contributed by atoms with van der Waals surface area (Å²) in [6.45, 7) is 6.49. The minimum atomic E-state index is -0.675. The summed E-state index contributed by atoms with van der Waals surface area (Å²) in [5, 5.41) is 18.8. The first-order chi connectivity index (χ1) is 17.9. The summed E-state index contributed by atoms with van der Waals surface area (Å²) < 4.78 is 0. The Bertz CT molecular complexity index is 530. The van der Waals surface area contributed by atoms with Crippen molar-refractivity contribution in [3.05, 3.63) is 0 Å². The fourth-order valence-corrected chi connectivity index (χ4v) is 5.75. The van der Waals surface area contributed by atoms with Gasteiger partial charge in [0.25, 0.3) is 0 Å². The van der Waals surface area contributed by atoms with Crippen molar-refractivity contribution < 1.29 is 19.8 Å². The molecule has 0 aromatic heterocycles. The third kappa shape index (κ3) is 20.6. The Kier molecular flexibility index (Phi) is 24.5. The van der Waals surface area contributed by atoms with Crippen molar-refractivity contribution in [1.29, 1.82) is 0 Å². The Morgan fingerprint density at radius 3 is 1.08 bits per heavy atom. The van der Waals surface area contributed by atoms with E-state index in [4.69, 9.17) is 5.11 Å². The molecule has 0 spiro atoms. The molecule has 0 bridgehead atoms. The van der Waals surface area contributed by atoms with Crippen molar-refractivity contribution in [1.82, 2.24) is 0 Å². The van der Waals surface area contributed by atoms with Gasteiger partial charge >= 0.3 is 11.9 Å². The summed E-state index contributed by atoms with van der Waals surface area (Å²) in [6.07, 6.45) is 30.4. The molecule has 0 aromatic rings. The van der Waals surface area contributed by atoms with Crippen LogP contribution in [0.3, 0.4) is 0 Å². The zero-order valence-electron chi connectivity index (χ0n) is 25.2. The Balaban J connectivity index is 3.84. The van der Waals surface area contributed by atoms with E-state index in [2.05, 4.69) is 20.8 Å². The molecule has 37 heavy (non-hydrogen) atoms. The summed E-state index contributed by atoms with van der Waals surface area (Å²) in [5.41, 5.74) is -0.534. The lowest BCUT2D eigenvalue weighted by Gasteiger charge is -2.34. The molecule has 0 aliphatic carbocycles. The van der Waals surface area contributed by atoms with Gasteiger partial charge in [0.1, 0.15) is 0 Å². The molecule has 0 aliphatic rings. The highest BCUT2D eigenvalue weighted by atomic mass is 16.4. The Hall–Kier alpha value is -1.06. The highest BCUT2D eigenvalue weighted by Gasteiger charge is 2.40. The van der Waals surface area contributed by atoms with Gasteiger partial charge in [-0.05, 0) is 25.2 Å². The molecule has 0 saturated carbocycles. The van der Waals surface area contributed by atoms with Crippen LogP contribution in [0.1, 0.15) is 188 Å². The molecule has 0 fully saturated rings. The number of carboxylic acids is 2. The van der Waals surface area contributed by atoms with Gasteiger partial charge in [0, 0.05) is 6.42 Å². The molecule has 4 nitrogen and oxygen atoms in total. The number of rotatable bonds is 29. The molecular formula is C33H64O4. The van der Waals surface area contributed by atoms with Crippen LogP contribution in [-0.2, 0) is 9.59 Å². The topological polar surface area (TPSA) is 74.6 Å². The van der Waals surface area contributed by atoms with Crippen molar-refractivity contribution in [3.63, 3.8) is 0 Å². The van der Waals surface area contributed by atoms with E-state index in [1.165, 1.54) is 116 Å². The second-order valence-corrected chi connectivity index (χ2v) is 12.0. The standard InChI is InChI=1S/C33H64O4/c1-4-5-6-7-8-9-16-19-22-25-28-33(30(2)3,32(36)37)29-26-23-20-17-14-12-10-11-13-15-18-21-24-27-31(34)35/h30H,4-29H2,1-3H3,(H,34,35)(H,36,37). The molecule has 0 rings (SSSR count). The normalized spacial score (nSPS) is 13.2. The average molecular weight is 525 g/mol. The van der Waals surface area contributed by atoms with Crippen LogP contribution in [0.5, 0.6) is 0 Å². The second-order valence-electron chi connectivity index (χ2n) is 12.0. The highest BCUT2D eigenvalue weighted by molar-refractivity contribution is 5.74. The molecule has 0 heterocycles. The number of hydrogen-bond acceptors (Lipinski definition) is 2. The summed E-state index contributed by atoms with van der Waals surface area (Å²) in [7, 11) is 0. The third-order valence-electron chi connectivity index (χ3n) is 8.52. The van der Waals surface area contributed by atoms with Gasteiger partial charge in [0.05, 0.1) is 5.41 Å². The predicted molar refractivity (Wildman–Crippen MR) is 158 cm³/mol. The van der Waals surface area contributed by atoms with Gasteiger partial charge in [-0.15, -0.1) is 0 Å². The number of hydrogen-bond donors (Lipinski definition) is 2. The monoisotopic (exact) mass is 524 g/mol. The van der Waals surface area contributed by atoms with E-state index < -0.39 is 17.4 Å². The molecule has 220 valence electrons. The van der Waals surface area contributed by atoms with E-state index >= 15 is 0 Å². The predicted octanol–water partition coefficient (Wildman–Crippen LogP) is 11.0. The van der Waals surface area contributed by atoms with E-state index in [1.807, 2.05) is 0 Å². The van der Waals surface area contributed by atoms with Crippen LogP contribution >= 0.6 is 0 Å². The molecule has 1 unspecified atom stereocenters. The highest BCUT2D eigenvalue weighted by Crippen LogP contribution is 2.39. The Morgan fingerprint density at radius 2 is 0.811 bits per heavy atom. The van der Waals surface area contributed by atoms with Crippen LogP contribution in [0.4, 0.5) is 0 Å². The van der Waals surface area contributed by atoms with Gasteiger partial charge in [-0.3, -0.25) is 9.59 Å². The van der Waals surface area contributed by atoms with Gasteiger partial charge in [-0.25, -0.2) is 0 Å². The van der Waals surface area contributed by atoms with Crippen molar-refractivity contribution in [2.75, 3.05) is 0 Å². The molecule has 0 aliphatic heterocycles. The lowest BCUT2D eigenvalue weighted by molar-refractivity contribution is -0.153. The van der Waals surface area contributed by atoms with E-state index in [0.29, 0.717) is 6.42 Å². The molecular weight excluding hydrogens is 460 g/mol. The second kappa shape index (κ2) is 25.2. The first kappa shape index (κ1) is 35.9. The summed E-state index contributed by atoms with van der Waals surface area (Å²) in [4.78, 5) is 22.8. The molecule has 0 radical (unpaired) electrons. The minimum absolute atomic E-state index is 0.195. The smallest absolute Gasteiger partial charge is 0.309 e. The van der Waals surface area contributed by atoms with Gasteiger partial charge in [0.2, 0.25) is 0 Å². The van der Waals surface area contributed by atoms with E-state index in [0.717, 1.165) is 44.9 Å². The maximum absolute atomic E-state index is 12.3. The maximum Gasteiger partial charge on any atom is 0.309 e. The molecule has 4 heteroatoms. The minimum Gasteiger partial charge on any atom is -0.481 e. The van der Waals surface area contributed by atoms with Crippen LogP contribution in [0, 0.1) is 11.3 Å². The van der Waals surface area contributed by atoms with Gasteiger partial charge in [0.15, 0.2) is 0 Å². The van der Waals surface area contributed by atoms with Crippen LogP contribution in [0.15, 0.2) is 0 Å². The zero-order valence-corrected chi connectivity index (χ0v) is 25.2. The van der Waals surface area contributed by atoms with E-state index in [-0.39, 0.29) is 5.92 Å². The first-order valence-corrected chi connectivity index (χ1v) is 16.3. The SMILES string of the molecule is CCCCCCCCCCCCC(CCCCCCCCCCCCCCCC(=O)O)(C(=O)O)C(C)C. The van der Waals surface area contributed by atoms with E-state index in [1.54, 1.807) is 0 Å². The molecule has 0 aromatic carbocycles. The maximum atomic E-state index is 12.3. The van der Waals surface area contributed by atoms with Crippen LogP contribution in [-0.4, -0.2) is 22.2 Å². The summed E-state index contributed by atoms with van der Waals surface area (Å²) in [5.74, 6) is -1.05. The van der Waals surface area contributed by atoms with Crippen LogP contribution < -0.4 is 0 Å². The molecule has 0 amide bonds. The van der Waals surface area contributed by atoms with Crippen LogP contribution in [0.2, 0.25) is 0 Å². The molecule has 0 saturated heterocycles. The lowest BCUT2D eigenvalue weighted by Crippen LogP contribution is -2.36. The van der Waals surface area contributed by atoms with Crippen molar-refractivity contribution in [2.45, 2.75) is 188 Å². The lowest BCUT2D eigenvalue weighted by atomic mass is 9.70. The van der Waals surface area contributed by atoms with Crippen molar-refractivity contribution in [3.8, 4) is 0 Å². The summed E-state index contributed by atoms with van der Waals surface area (Å²) in [6, 6.07) is 0. The van der Waals surface area contributed by atoms with Gasteiger partial charge in [-0.2, -0.15) is 0 Å². The average Bonchev–Trinajstić information content (AvgIpc) is 2.85. The molecule has 2 N–H and O–H groups in total. The quantitative estimate of drug-likeness (QED) is 0.0954. The third-order valence-corrected chi connectivity index (χ3v) is 8.52. The van der Waals surface area contributed by atoms with Crippen LogP contribution in [0.25, 0.3) is 0 Å². The number of aliphatic carboxylic acids is 2. The Labute approximate surface area is 230 Å². The fourth-order valence-electron chi connectivity index (χ4n) is 5.75. The van der Waals surface area contributed by atoms with Crippen molar-refractivity contribution in [2.24, 2.45) is 11.3 Å². The number of carboxylic acid groups (broad SMARTS) is 2. The number of unbranched alkanes of at least 4 members (excludes halogenated alkanes) is 21. The van der Waals surface area contributed by atoms with E-state index in [9.17, 15) is 14.7 Å². The summed E-state index contributed by atoms with van der Waals surface area (Å²) >= 11 is 0. The zero-order chi connectivity index (χ0) is 27.6.